The van der Waals surface area contributed by atoms with Gasteiger partial charge >= 0.3 is 12.1 Å². The zero-order chi connectivity index (χ0) is 27.2. The van der Waals surface area contributed by atoms with Crippen molar-refractivity contribution in [3.63, 3.8) is 0 Å². The van der Waals surface area contributed by atoms with Crippen LogP contribution in [0.4, 0.5) is 23.7 Å². The molecule has 3 aromatic carbocycles. The summed E-state index contributed by atoms with van der Waals surface area (Å²) in [7, 11) is 0. The Balaban J connectivity index is 1.37. The van der Waals surface area contributed by atoms with Gasteiger partial charge in [-0.3, -0.25) is 19.7 Å². The quantitative estimate of drug-likeness (QED) is 0.293. The Labute approximate surface area is 213 Å². The number of ether oxygens (including phenoxy) is 3. The molecule has 196 valence electrons. The van der Waals surface area contributed by atoms with Crippen molar-refractivity contribution >= 4 is 29.4 Å². The highest BCUT2D eigenvalue weighted by Gasteiger charge is 2.32. The summed E-state index contributed by atoms with van der Waals surface area (Å²) in [5, 5.41) is 4.84. The van der Waals surface area contributed by atoms with E-state index in [9.17, 15) is 32.3 Å². The number of rotatable bonds is 5. The van der Waals surface area contributed by atoms with Crippen molar-refractivity contribution in [2.75, 3.05) is 11.9 Å². The maximum atomic E-state index is 14.1. The fraction of sp³-hybridized carbons (Fsp3) is 0.154. The van der Waals surface area contributed by atoms with Gasteiger partial charge in [0.2, 0.25) is 17.3 Å². The molecule has 0 saturated heterocycles. The first kappa shape index (κ1) is 26.2. The van der Waals surface area contributed by atoms with Crippen LogP contribution < -0.4 is 20.1 Å². The largest absolute Gasteiger partial charge is 0.479 e. The number of esters is 1. The SMILES string of the molecule is O=C1CC(NC(=O)c2ccc(NC(=O)OCc3ccccc3)cc2)C(=O)COc2c(F)c(F)cc(F)c2O1. The molecule has 0 fully saturated rings. The number of amides is 2. The summed E-state index contributed by atoms with van der Waals surface area (Å²) in [6.45, 7) is -0.837. The minimum Gasteiger partial charge on any atom is -0.479 e. The van der Waals surface area contributed by atoms with E-state index in [1.54, 1.807) is 12.1 Å². The molecule has 0 radical (unpaired) electrons. The molecule has 0 aliphatic carbocycles. The lowest BCUT2D eigenvalue weighted by Crippen LogP contribution is -2.44. The van der Waals surface area contributed by atoms with E-state index in [1.165, 1.54) is 24.3 Å². The summed E-state index contributed by atoms with van der Waals surface area (Å²) >= 11 is 0. The number of hydrogen-bond acceptors (Lipinski definition) is 7. The van der Waals surface area contributed by atoms with Crippen LogP contribution in [-0.4, -0.2) is 36.4 Å². The highest BCUT2D eigenvalue weighted by molar-refractivity contribution is 6.00. The Hall–Kier alpha value is -4.87. The number of fused-ring (bicyclic) bond motifs is 1. The predicted octanol–water partition coefficient (Wildman–Crippen LogP) is 3.91. The minimum atomic E-state index is -1.64. The number of ketones is 1. The van der Waals surface area contributed by atoms with Crippen LogP contribution in [0.2, 0.25) is 0 Å². The zero-order valence-electron chi connectivity index (χ0n) is 19.5. The van der Waals surface area contributed by atoms with Crippen LogP contribution in [0.1, 0.15) is 22.3 Å². The first-order valence-corrected chi connectivity index (χ1v) is 11.1. The van der Waals surface area contributed by atoms with Gasteiger partial charge in [-0.1, -0.05) is 30.3 Å². The number of carbonyl (C=O) groups excluding carboxylic acids is 4. The van der Waals surface area contributed by atoms with Gasteiger partial charge in [-0.05, 0) is 29.8 Å². The van der Waals surface area contributed by atoms with E-state index in [2.05, 4.69) is 10.6 Å². The molecular weight excluding hydrogens is 509 g/mol. The van der Waals surface area contributed by atoms with Crippen molar-refractivity contribution in [1.29, 1.82) is 0 Å². The fourth-order valence-corrected chi connectivity index (χ4v) is 3.42. The summed E-state index contributed by atoms with van der Waals surface area (Å²) in [5.74, 6) is -9.53. The lowest BCUT2D eigenvalue weighted by atomic mass is 10.1. The van der Waals surface area contributed by atoms with E-state index >= 15 is 0 Å². The minimum absolute atomic E-state index is 0.0635. The van der Waals surface area contributed by atoms with Crippen LogP contribution in [-0.2, 0) is 20.9 Å². The molecule has 0 spiro atoms. The van der Waals surface area contributed by atoms with E-state index in [1.807, 2.05) is 18.2 Å². The van der Waals surface area contributed by atoms with E-state index < -0.39 is 71.8 Å². The molecule has 1 heterocycles. The first-order chi connectivity index (χ1) is 18.2. The second-order valence-electron chi connectivity index (χ2n) is 8.04. The molecule has 0 aromatic heterocycles. The number of Topliss-reactive ketones (excluding diaryl/α,β-unsaturated/α-hetero) is 1. The average molecular weight is 528 g/mol. The standard InChI is InChI=1S/C26H19F3N2O7/c27-17-10-18(28)23-24(22(17)29)36-13-20(32)19(11-21(33)38-23)31-25(34)15-6-8-16(9-7-15)30-26(35)37-12-14-4-2-1-3-5-14/h1-10,19H,11-13H2,(H,30,35)(H,31,34). The molecule has 12 heteroatoms. The fourth-order valence-electron chi connectivity index (χ4n) is 3.42. The zero-order valence-corrected chi connectivity index (χ0v) is 19.5. The van der Waals surface area contributed by atoms with Crippen molar-refractivity contribution in [3.8, 4) is 11.5 Å². The van der Waals surface area contributed by atoms with E-state index in [0.717, 1.165) is 5.56 Å². The Morgan fingerprint density at radius 1 is 0.947 bits per heavy atom. The lowest BCUT2D eigenvalue weighted by molar-refractivity contribution is -0.137. The Morgan fingerprint density at radius 2 is 1.66 bits per heavy atom. The molecule has 1 unspecified atom stereocenters. The predicted molar refractivity (Wildman–Crippen MR) is 125 cm³/mol. The molecule has 2 amide bonds. The highest BCUT2D eigenvalue weighted by atomic mass is 19.2. The molecule has 4 rings (SSSR count). The number of halogens is 3. The van der Waals surface area contributed by atoms with Crippen LogP contribution in [0.3, 0.4) is 0 Å². The molecule has 0 saturated carbocycles. The van der Waals surface area contributed by atoms with Gasteiger partial charge in [-0.2, -0.15) is 4.39 Å². The van der Waals surface area contributed by atoms with E-state index in [-0.39, 0.29) is 18.2 Å². The maximum absolute atomic E-state index is 14.1. The molecule has 0 bridgehead atoms. The topological polar surface area (TPSA) is 120 Å². The van der Waals surface area contributed by atoms with Gasteiger partial charge in [0.25, 0.3) is 5.91 Å². The van der Waals surface area contributed by atoms with Gasteiger partial charge in [0.1, 0.15) is 19.3 Å². The number of hydrogen-bond donors (Lipinski definition) is 2. The number of carbonyl (C=O) groups is 4. The van der Waals surface area contributed by atoms with E-state index in [0.29, 0.717) is 5.69 Å². The summed E-state index contributed by atoms with van der Waals surface area (Å²) in [6.07, 6.45) is -1.44. The lowest BCUT2D eigenvalue weighted by Gasteiger charge is -2.16. The molecule has 2 N–H and O–H groups in total. The van der Waals surface area contributed by atoms with Crippen molar-refractivity contribution in [2.24, 2.45) is 0 Å². The summed E-state index contributed by atoms with van der Waals surface area (Å²) in [5.41, 5.74) is 1.19. The molecule has 1 aliphatic rings. The monoisotopic (exact) mass is 528 g/mol. The Kier molecular flexibility index (Phi) is 7.90. The summed E-state index contributed by atoms with van der Waals surface area (Å²) < 4.78 is 56.4. The smallest absolute Gasteiger partial charge is 0.411 e. The van der Waals surface area contributed by atoms with Crippen molar-refractivity contribution in [3.05, 3.63) is 89.2 Å². The molecule has 3 aromatic rings. The molecular formula is C26H19F3N2O7. The van der Waals surface area contributed by atoms with Crippen LogP contribution in [0.15, 0.2) is 60.7 Å². The third kappa shape index (κ3) is 6.27. The Morgan fingerprint density at radius 3 is 2.37 bits per heavy atom. The second-order valence-corrected chi connectivity index (χ2v) is 8.04. The van der Waals surface area contributed by atoms with Crippen LogP contribution in [0, 0.1) is 17.5 Å². The van der Waals surface area contributed by atoms with Gasteiger partial charge in [-0.15, -0.1) is 0 Å². The van der Waals surface area contributed by atoms with Gasteiger partial charge in [0.15, 0.2) is 17.4 Å². The van der Waals surface area contributed by atoms with Gasteiger partial charge in [-0.25, -0.2) is 13.6 Å². The van der Waals surface area contributed by atoms with Crippen LogP contribution in [0.25, 0.3) is 0 Å². The molecule has 1 aliphatic heterocycles. The third-order valence-corrected chi connectivity index (χ3v) is 5.33. The summed E-state index contributed by atoms with van der Waals surface area (Å²) in [6, 6.07) is 13.3. The third-order valence-electron chi connectivity index (χ3n) is 5.33. The maximum Gasteiger partial charge on any atom is 0.411 e. The van der Waals surface area contributed by atoms with Crippen LogP contribution in [0.5, 0.6) is 11.5 Å². The summed E-state index contributed by atoms with van der Waals surface area (Å²) in [4.78, 5) is 49.5. The van der Waals surface area contributed by atoms with E-state index in [4.69, 9.17) is 14.2 Å². The normalized spacial score (nSPS) is 15.1. The number of nitrogens with one attached hydrogen (secondary N) is 2. The van der Waals surface area contributed by atoms with Gasteiger partial charge in [0, 0.05) is 17.3 Å². The van der Waals surface area contributed by atoms with Crippen molar-refractivity contribution in [2.45, 2.75) is 19.1 Å². The van der Waals surface area contributed by atoms with Crippen molar-refractivity contribution in [1.82, 2.24) is 5.32 Å². The molecule has 38 heavy (non-hydrogen) atoms. The second kappa shape index (κ2) is 11.5. The average Bonchev–Trinajstić information content (AvgIpc) is 2.96. The highest BCUT2D eigenvalue weighted by Crippen LogP contribution is 2.36. The van der Waals surface area contributed by atoms with Crippen LogP contribution >= 0.6 is 0 Å². The molecule has 1 atom stereocenters. The molecule has 9 nitrogen and oxygen atoms in total. The van der Waals surface area contributed by atoms with Gasteiger partial charge in [0.05, 0.1) is 6.42 Å². The Bertz CT molecular complexity index is 1380. The van der Waals surface area contributed by atoms with Gasteiger partial charge < -0.3 is 19.5 Å². The number of benzene rings is 3. The number of anilines is 1. The van der Waals surface area contributed by atoms with Crippen molar-refractivity contribution < 1.29 is 46.6 Å². The first-order valence-electron chi connectivity index (χ1n) is 11.1.